The summed E-state index contributed by atoms with van der Waals surface area (Å²) in [4.78, 5) is 13.0. The van der Waals surface area contributed by atoms with Crippen molar-refractivity contribution in [2.45, 2.75) is 19.9 Å². The zero-order chi connectivity index (χ0) is 10.9. The van der Waals surface area contributed by atoms with Gasteiger partial charge in [-0.15, -0.1) is 0 Å². The maximum atomic E-state index is 11.6. The predicted molar refractivity (Wildman–Crippen MR) is 55.0 cm³/mol. The molecule has 1 aromatic rings. The third-order valence-electron chi connectivity index (χ3n) is 1.90. The Morgan fingerprint density at radius 3 is 2.50 bits per heavy atom. The van der Waals surface area contributed by atoms with Gasteiger partial charge in [-0.05, 0) is 13.8 Å². The van der Waals surface area contributed by atoms with E-state index in [0.29, 0.717) is 11.4 Å². The van der Waals surface area contributed by atoms with Gasteiger partial charge in [-0.3, -0.25) is 9.48 Å². The van der Waals surface area contributed by atoms with Gasteiger partial charge in [-0.1, -0.05) is 0 Å². The Morgan fingerprint density at radius 2 is 2.14 bits per heavy atom. The van der Waals surface area contributed by atoms with Gasteiger partial charge in [0.15, 0.2) is 5.69 Å². The zero-order valence-electron chi connectivity index (χ0n) is 8.98. The number of hydrogen-bond donors (Lipinski definition) is 1. The molecule has 0 unspecified atom stereocenters. The molecule has 0 spiro atoms. The van der Waals surface area contributed by atoms with E-state index < -0.39 is 0 Å². The van der Waals surface area contributed by atoms with Crippen molar-refractivity contribution < 1.29 is 4.79 Å². The van der Waals surface area contributed by atoms with Crippen LogP contribution in [-0.4, -0.2) is 34.7 Å². The van der Waals surface area contributed by atoms with Gasteiger partial charge in [0.25, 0.3) is 5.91 Å². The van der Waals surface area contributed by atoms with Gasteiger partial charge in [0.1, 0.15) is 0 Å². The first kappa shape index (κ1) is 10.6. The van der Waals surface area contributed by atoms with E-state index in [2.05, 4.69) is 5.10 Å². The first-order valence-corrected chi connectivity index (χ1v) is 4.49. The molecule has 0 saturated carbocycles. The lowest BCUT2D eigenvalue weighted by Crippen LogP contribution is -2.23. The number of hydrogen-bond acceptors (Lipinski definition) is 3. The fourth-order valence-corrected chi connectivity index (χ4v) is 1.05. The average molecular weight is 196 g/mol. The highest BCUT2D eigenvalue weighted by atomic mass is 16.2. The van der Waals surface area contributed by atoms with E-state index in [1.807, 2.05) is 13.8 Å². The molecule has 0 aliphatic heterocycles. The summed E-state index contributed by atoms with van der Waals surface area (Å²) in [6, 6.07) is 0.209. The molecular weight excluding hydrogens is 180 g/mol. The Bertz CT molecular complexity index is 341. The smallest absolute Gasteiger partial charge is 0.275 e. The van der Waals surface area contributed by atoms with Crippen LogP contribution >= 0.6 is 0 Å². The lowest BCUT2D eigenvalue weighted by atomic mass is 10.3. The third kappa shape index (κ3) is 1.86. The van der Waals surface area contributed by atoms with Gasteiger partial charge in [-0.25, -0.2) is 0 Å². The Labute approximate surface area is 83.5 Å². The van der Waals surface area contributed by atoms with Gasteiger partial charge in [0, 0.05) is 26.3 Å². The lowest BCUT2D eigenvalue weighted by molar-refractivity contribution is 0.0822. The van der Waals surface area contributed by atoms with Gasteiger partial charge in [-0.2, -0.15) is 5.10 Å². The minimum atomic E-state index is -0.165. The van der Waals surface area contributed by atoms with Crippen LogP contribution in [0.4, 0.5) is 5.69 Å². The number of nitrogens with two attached hydrogens (primary N) is 1. The molecule has 0 bridgehead atoms. The topological polar surface area (TPSA) is 64.2 Å². The molecule has 78 valence electrons. The van der Waals surface area contributed by atoms with Gasteiger partial charge in [0.05, 0.1) is 5.69 Å². The highest BCUT2D eigenvalue weighted by molar-refractivity contribution is 5.96. The normalized spacial score (nSPS) is 10.6. The number of rotatable bonds is 2. The van der Waals surface area contributed by atoms with Crippen molar-refractivity contribution in [3.63, 3.8) is 0 Å². The molecule has 0 saturated heterocycles. The van der Waals surface area contributed by atoms with Crippen molar-refractivity contribution in [1.82, 2.24) is 14.7 Å². The summed E-state index contributed by atoms with van der Waals surface area (Å²) < 4.78 is 1.69. The van der Waals surface area contributed by atoms with E-state index in [9.17, 15) is 4.79 Å². The summed E-state index contributed by atoms with van der Waals surface area (Å²) in [5, 5.41) is 4.13. The fourth-order valence-electron chi connectivity index (χ4n) is 1.05. The Morgan fingerprint density at radius 1 is 1.57 bits per heavy atom. The Balaban J connectivity index is 3.04. The molecule has 0 fully saturated rings. The van der Waals surface area contributed by atoms with Crippen LogP contribution in [0.5, 0.6) is 0 Å². The second-order valence-corrected chi connectivity index (χ2v) is 3.71. The van der Waals surface area contributed by atoms with E-state index in [1.165, 1.54) is 4.90 Å². The number of nitrogens with zero attached hydrogens (tertiary/aromatic N) is 3. The van der Waals surface area contributed by atoms with E-state index in [1.54, 1.807) is 25.0 Å². The fraction of sp³-hybridized carbons (Fsp3) is 0.556. The van der Waals surface area contributed by atoms with Crippen LogP contribution in [0.2, 0.25) is 0 Å². The van der Waals surface area contributed by atoms with Crippen LogP contribution < -0.4 is 5.73 Å². The van der Waals surface area contributed by atoms with Crippen LogP contribution in [0.1, 0.15) is 30.4 Å². The van der Waals surface area contributed by atoms with Crippen molar-refractivity contribution in [2.24, 2.45) is 0 Å². The second-order valence-electron chi connectivity index (χ2n) is 3.71. The summed E-state index contributed by atoms with van der Waals surface area (Å²) in [7, 11) is 3.35. The molecule has 5 heteroatoms. The van der Waals surface area contributed by atoms with Gasteiger partial charge in [0.2, 0.25) is 0 Å². The number of amides is 1. The number of anilines is 1. The molecule has 5 nitrogen and oxygen atoms in total. The SMILES string of the molecule is CC(C)n1cc(N)c(C(=O)N(C)C)n1. The summed E-state index contributed by atoms with van der Waals surface area (Å²) >= 11 is 0. The second kappa shape index (κ2) is 3.69. The number of aromatic nitrogens is 2. The van der Waals surface area contributed by atoms with E-state index >= 15 is 0 Å². The van der Waals surface area contributed by atoms with Crippen molar-refractivity contribution in [3.05, 3.63) is 11.9 Å². The number of carbonyl (C=O) groups is 1. The molecule has 0 atom stereocenters. The Kier molecular flexibility index (Phi) is 2.78. The van der Waals surface area contributed by atoms with Crippen LogP contribution in [0.15, 0.2) is 6.20 Å². The average Bonchev–Trinajstić information content (AvgIpc) is 2.46. The summed E-state index contributed by atoms with van der Waals surface area (Å²) in [5.41, 5.74) is 6.44. The molecular formula is C9H16N4O. The highest BCUT2D eigenvalue weighted by Crippen LogP contribution is 2.14. The van der Waals surface area contributed by atoms with Crippen LogP contribution in [0.25, 0.3) is 0 Å². The van der Waals surface area contributed by atoms with Crippen molar-refractivity contribution in [1.29, 1.82) is 0 Å². The van der Waals surface area contributed by atoms with Crippen LogP contribution in [-0.2, 0) is 0 Å². The van der Waals surface area contributed by atoms with E-state index in [0.717, 1.165) is 0 Å². The minimum Gasteiger partial charge on any atom is -0.396 e. The van der Waals surface area contributed by atoms with Crippen molar-refractivity contribution in [3.8, 4) is 0 Å². The minimum absolute atomic E-state index is 0.165. The number of carbonyl (C=O) groups excluding carboxylic acids is 1. The highest BCUT2D eigenvalue weighted by Gasteiger charge is 2.17. The lowest BCUT2D eigenvalue weighted by Gasteiger charge is -2.08. The first-order valence-electron chi connectivity index (χ1n) is 4.49. The zero-order valence-corrected chi connectivity index (χ0v) is 8.98. The first-order chi connectivity index (χ1) is 6.43. The predicted octanol–water partition coefficient (Wildman–Crippen LogP) is 0.748. The van der Waals surface area contributed by atoms with E-state index in [4.69, 9.17) is 5.73 Å². The quantitative estimate of drug-likeness (QED) is 0.759. The molecule has 1 rings (SSSR count). The third-order valence-corrected chi connectivity index (χ3v) is 1.90. The molecule has 1 aromatic heterocycles. The van der Waals surface area contributed by atoms with Crippen molar-refractivity contribution >= 4 is 11.6 Å². The molecule has 2 N–H and O–H groups in total. The molecule has 0 aromatic carbocycles. The monoisotopic (exact) mass is 196 g/mol. The summed E-state index contributed by atoms with van der Waals surface area (Å²) in [6.45, 7) is 3.96. The molecule has 1 heterocycles. The van der Waals surface area contributed by atoms with E-state index in [-0.39, 0.29) is 11.9 Å². The summed E-state index contributed by atoms with van der Waals surface area (Å²) in [5.74, 6) is -0.165. The van der Waals surface area contributed by atoms with Crippen LogP contribution in [0, 0.1) is 0 Å². The Hall–Kier alpha value is -1.52. The molecule has 0 aliphatic carbocycles. The van der Waals surface area contributed by atoms with Crippen molar-refractivity contribution in [2.75, 3.05) is 19.8 Å². The summed E-state index contributed by atoms with van der Waals surface area (Å²) in [6.07, 6.45) is 1.68. The standard InChI is InChI=1S/C9H16N4O/c1-6(2)13-5-7(10)8(11-13)9(14)12(3)4/h5-6H,10H2,1-4H3. The maximum Gasteiger partial charge on any atom is 0.275 e. The maximum absolute atomic E-state index is 11.6. The van der Waals surface area contributed by atoms with Crippen LogP contribution in [0.3, 0.4) is 0 Å². The molecule has 14 heavy (non-hydrogen) atoms. The number of nitrogen functional groups attached to an aromatic ring is 1. The molecule has 1 amide bonds. The van der Waals surface area contributed by atoms with Gasteiger partial charge < -0.3 is 10.6 Å². The molecule has 0 radical (unpaired) electrons. The molecule has 0 aliphatic rings. The van der Waals surface area contributed by atoms with Gasteiger partial charge >= 0.3 is 0 Å². The largest absolute Gasteiger partial charge is 0.396 e.